The molecule has 1 fully saturated rings. The second-order valence-corrected chi connectivity index (χ2v) is 5.01. The van der Waals surface area contributed by atoms with Crippen LogP contribution in [0.25, 0.3) is 0 Å². The first-order valence-electron chi connectivity index (χ1n) is 5.47. The normalized spacial score (nSPS) is 25.8. The van der Waals surface area contributed by atoms with Gasteiger partial charge >= 0.3 is 6.03 Å². The SMILES string of the molecule is CC(C)CC1CC(NC(=O)N(C)C)C1. The number of amides is 2. The summed E-state index contributed by atoms with van der Waals surface area (Å²) in [4.78, 5) is 12.9. The molecule has 3 nitrogen and oxygen atoms in total. The highest BCUT2D eigenvalue weighted by atomic mass is 16.2. The van der Waals surface area contributed by atoms with Crippen molar-refractivity contribution in [3.05, 3.63) is 0 Å². The van der Waals surface area contributed by atoms with Gasteiger partial charge in [-0.15, -0.1) is 0 Å². The zero-order valence-electron chi connectivity index (χ0n) is 9.71. The van der Waals surface area contributed by atoms with Crippen LogP contribution in [0.1, 0.15) is 33.1 Å². The predicted molar refractivity (Wildman–Crippen MR) is 58.2 cm³/mol. The van der Waals surface area contributed by atoms with Crippen molar-refractivity contribution in [1.29, 1.82) is 0 Å². The first kappa shape index (κ1) is 11.3. The van der Waals surface area contributed by atoms with Crippen LogP contribution in [-0.4, -0.2) is 31.1 Å². The van der Waals surface area contributed by atoms with Crippen LogP contribution in [-0.2, 0) is 0 Å². The van der Waals surface area contributed by atoms with Crippen molar-refractivity contribution >= 4 is 6.03 Å². The monoisotopic (exact) mass is 198 g/mol. The van der Waals surface area contributed by atoms with Crippen molar-refractivity contribution in [2.45, 2.75) is 39.2 Å². The molecule has 0 unspecified atom stereocenters. The van der Waals surface area contributed by atoms with Gasteiger partial charge in [0.2, 0.25) is 0 Å². The summed E-state index contributed by atoms with van der Waals surface area (Å²) in [5.41, 5.74) is 0. The molecule has 0 spiro atoms. The molecule has 0 heterocycles. The van der Waals surface area contributed by atoms with Crippen LogP contribution < -0.4 is 5.32 Å². The third-order valence-corrected chi connectivity index (χ3v) is 2.77. The maximum absolute atomic E-state index is 11.3. The zero-order chi connectivity index (χ0) is 10.7. The lowest BCUT2D eigenvalue weighted by Crippen LogP contribution is -2.48. The highest BCUT2D eigenvalue weighted by Crippen LogP contribution is 2.32. The highest BCUT2D eigenvalue weighted by molar-refractivity contribution is 5.73. The van der Waals surface area contributed by atoms with E-state index in [9.17, 15) is 4.79 Å². The third kappa shape index (κ3) is 3.20. The maximum atomic E-state index is 11.3. The fourth-order valence-electron chi connectivity index (χ4n) is 2.02. The van der Waals surface area contributed by atoms with Gasteiger partial charge in [0.1, 0.15) is 0 Å². The van der Waals surface area contributed by atoms with Crippen molar-refractivity contribution < 1.29 is 4.79 Å². The van der Waals surface area contributed by atoms with E-state index in [4.69, 9.17) is 0 Å². The fraction of sp³-hybridized carbons (Fsp3) is 0.909. The minimum atomic E-state index is 0.0398. The largest absolute Gasteiger partial charge is 0.335 e. The average molecular weight is 198 g/mol. The topological polar surface area (TPSA) is 32.3 Å². The molecule has 1 N–H and O–H groups in total. The minimum Gasteiger partial charge on any atom is -0.335 e. The summed E-state index contributed by atoms with van der Waals surface area (Å²) in [5, 5.41) is 3.01. The molecule has 0 aliphatic heterocycles. The van der Waals surface area contributed by atoms with Crippen LogP contribution in [0.2, 0.25) is 0 Å². The standard InChI is InChI=1S/C11H22N2O/c1-8(2)5-9-6-10(7-9)12-11(14)13(3)4/h8-10H,5-7H2,1-4H3,(H,12,14). The summed E-state index contributed by atoms with van der Waals surface area (Å²) in [7, 11) is 3.55. The smallest absolute Gasteiger partial charge is 0.317 e. The Morgan fingerprint density at radius 3 is 2.43 bits per heavy atom. The highest BCUT2D eigenvalue weighted by Gasteiger charge is 2.30. The van der Waals surface area contributed by atoms with Crippen LogP contribution in [0, 0.1) is 11.8 Å². The van der Waals surface area contributed by atoms with E-state index >= 15 is 0 Å². The van der Waals surface area contributed by atoms with Crippen LogP contribution in [0.5, 0.6) is 0 Å². The number of nitrogens with zero attached hydrogens (tertiary/aromatic N) is 1. The van der Waals surface area contributed by atoms with E-state index in [0.717, 1.165) is 24.7 Å². The molecule has 82 valence electrons. The summed E-state index contributed by atoms with van der Waals surface area (Å²) in [6.45, 7) is 4.51. The number of hydrogen-bond acceptors (Lipinski definition) is 1. The van der Waals surface area contributed by atoms with Gasteiger partial charge in [-0.2, -0.15) is 0 Å². The molecule has 0 radical (unpaired) electrons. The fourth-order valence-corrected chi connectivity index (χ4v) is 2.02. The summed E-state index contributed by atoms with van der Waals surface area (Å²) in [6.07, 6.45) is 3.63. The molecule has 0 atom stereocenters. The maximum Gasteiger partial charge on any atom is 0.317 e. The molecule has 14 heavy (non-hydrogen) atoms. The quantitative estimate of drug-likeness (QED) is 0.740. The molecule has 0 aromatic carbocycles. The lowest BCUT2D eigenvalue weighted by molar-refractivity contribution is 0.172. The van der Waals surface area contributed by atoms with Crippen molar-refractivity contribution in [3.8, 4) is 0 Å². The van der Waals surface area contributed by atoms with Gasteiger partial charge in [0.15, 0.2) is 0 Å². The Morgan fingerprint density at radius 1 is 1.43 bits per heavy atom. The van der Waals surface area contributed by atoms with Crippen molar-refractivity contribution in [2.75, 3.05) is 14.1 Å². The van der Waals surface area contributed by atoms with E-state index in [1.165, 1.54) is 6.42 Å². The Hall–Kier alpha value is -0.730. The molecule has 1 saturated carbocycles. The summed E-state index contributed by atoms with van der Waals surface area (Å²) in [6, 6.07) is 0.464. The lowest BCUT2D eigenvalue weighted by atomic mass is 9.76. The molecule has 1 aliphatic rings. The zero-order valence-corrected chi connectivity index (χ0v) is 9.71. The van der Waals surface area contributed by atoms with Gasteiger partial charge < -0.3 is 10.2 Å². The Morgan fingerprint density at radius 2 is 2.00 bits per heavy atom. The summed E-state index contributed by atoms with van der Waals surface area (Å²) in [5.74, 6) is 1.62. The summed E-state index contributed by atoms with van der Waals surface area (Å²) >= 11 is 0. The van der Waals surface area contributed by atoms with E-state index in [2.05, 4.69) is 19.2 Å². The van der Waals surface area contributed by atoms with Gasteiger partial charge in [-0.05, 0) is 31.1 Å². The second kappa shape index (κ2) is 4.67. The Kier molecular flexibility index (Phi) is 3.78. The van der Waals surface area contributed by atoms with E-state index < -0.39 is 0 Å². The number of hydrogen-bond donors (Lipinski definition) is 1. The van der Waals surface area contributed by atoms with Crippen LogP contribution in [0.15, 0.2) is 0 Å². The van der Waals surface area contributed by atoms with Crippen LogP contribution in [0.3, 0.4) is 0 Å². The minimum absolute atomic E-state index is 0.0398. The second-order valence-electron chi connectivity index (χ2n) is 5.01. The van der Waals surface area contributed by atoms with Gasteiger partial charge in [0.25, 0.3) is 0 Å². The van der Waals surface area contributed by atoms with Gasteiger partial charge in [-0.3, -0.25) is 0 Å². The Bertz CT molecular complexity index is 195. The summed E-state index contributed by atoms with van der Waals surface area (Å²) < 4.78 is 0. The molecule has 1 rings (SSSR count). The Labute approximate surface area is 86.9 Å². The van der Waals surface area contributed by atoms with E-state index in [-0.39, 0.29) is 6.03 Å². The number of urea groups is 1. The molecule has 0 bridgehead atoms. The van der Waals surface area contributed by atoms with Crippen molar-refractivity contribution in [3.63, 3.8) is 0 Å². The molecule has 1 aliphatic carbocycles. The predicted octanol–water partition coefficient (Wildman–Crippen LogP) is 2.08. The van der Waals surface area contributed by atoms with Crippen molar-refractivity contribution in [1.82, 2.24) is 10.2 Å². The molecule has 0 aromatic heterocycles. The molecule has 3 heteroatoms. The van der Waals surface area contributed by atoms with Gasteiger partial charge in [0.05, 0.1) is 0 Å². The lowest BCUT2D eigenvalue weighted by Gasteiger charge is -2.37. The van der Waals surface area contributed by atoms with Gasteiger partial charge in [-0.25, -0.2) is 4.79 Å². The third-order valence-electron chi connectivity index (χ3n) is 2.77. The number of rotatable bonds is 3. The van der Waals surface area contributed by atoms with E-state index in [0.29, 0.717) is 6.04 Å². The molecule has 2 amide bonds. The first-order valence-corrected chi connectivity index (χ1v) is 5.47. The number of nitrogens with one attached hydrogen (secondary N) is 1. The van der Waals surface area contributed by atoms with E-state index in [1.54, 1.807) is 19.0 Å². The molecular formula is C11H22N2O. The molecular weight excluding hydrogens is 176 g/mol. The Balaban J connectivity index is 2.13. The van der Waals surface area contributed by atoms with E-state index in [1.807, 2.05) is 0 Å². The van der Waals surface area contributed by atoms with Crippen LogP contribution >= 0.6 is 0 Å². The molecule has 0 saturated heterocycles. The van der Waals surface area contributed by atoms with Gasteiger partial charge in [0, 0.05) is 20.1 Å². The number of carbonyl (C=O) groups is 1. The van der Waals surface area contributed by atoms with Crippen molar-refractivity contribution in [2.24, 2.45) is 11.8 Å². The first-order chi connectivity index (χ1) is 6.49. The molecule has 0 aromatic rings. The average Bonchev–Trinajstić information content (AvgIpc) is 1.99. The van der Waals surface area contributed by atoms with Crippen LogP contribution in [0.4, 0.5) is 4.79 Å². The number of carbonyl (C=O) groups excluding carboxylic acids is 1. The van der Waals surface area contributed by atoms with Gasteiger partial charge in [-0.1, -0.05) is 13.8 Å².